The Labute approximate surface area is 186 Å². The molecule has 2 aliphatic rings. The quantitative estimate of drug-likeness (QED) is 0.459. The molecule has 0 bridgehead atoms. The zero-order valence-electron chi connectivity index (χ0n) is 17.1. The van der Waals surface area contributed by atoms with Crippen molar-refractivity contribution in [2.45, 2.75) is 18.9 Å². The molecule has 1 amide bonds. The Bertz CT molecular complexity index is 1110. The van der Waals surface area contributed by atoms with Crippen molar-refractivity contribution in [2.75, 3.05) is 26.2 Å². The fourth-order valence-corrected chi connectivity index (χ4v) is 4.87. The molecular formula is C24H23ClN4O2. The number of hydrogen-bond donors (Lipinski definition) is 0. The molecule has 31 heavy (non-hydrogen) atoms. The highest BCUT2D eigenvalue weighted by Crippen LogP contribution is 2.37. The second kappa shape index (κ2) is 8.29. The number of hydrogen-bond acceptors (Lipinski definition) is 4. The Balaban J connectivity index is 1.41. The number of carbonyl (C=O) groups is 1. The lowest BCUT2D eigenvalue weighted by atomic mass is 9.96. The first-order chi connectivity index (χ1) is 15.1. The number of piperazine rings is 1. The highest BCUT2D eigenvalue weighted by Gasteiger charge is 2.33. The molecule has 1 atom stereocenters. The number of nitrogens with zero attached hydrogens (tertiary/aromatic N) is 4. The van der Waals surface area contributed by atoms with Gasteiger partial charge in [0.15, 0.2) is 12.4 Å². The molecule has 0 saturated carbocycles. The summed E-state index contributed by atoms with van der Waals surface area (Å²) in [5.41, 5.74) is 5.44. The lowest BCUT2D eigenvalue weighted by molar-refractivity contribution is -0.605. The van der Waals surface area contributed by atoms with Gasteiger partial charge in [-0.05, 0) is 47.7 Å². The van der Waals surface area contributed by atoms with Crippen molar-refractivity contribution in [2.24, 2.45) is 0 Å². The molecule has 1 aliphatic carbocycles. The van der Waals surface area contributed by atoms with Crippen LogP contribution in [-0.4, -0.2) is 46.9 Å². The van der Waals surface area contributed by atoms with Gasteiger partial charge in [-0.25, -0.2) is 0 Å². The summed E-state index contributed by atoms with van der Waals surface area (Å²) in [4.78, 5) is 21.9. The third-order valence-corrected chi connectivity index (χ3v) is 6.50. The third-order valence-electron chi connectivity index (χ3n) is 6.26. The maximum Gasteiger partial charge on any atom is 0.254 e. The first-order valence-corrected chi connectivity index (χ1v) is 10.9. The molecule has 3 heterocycles. The van der Waals surface area contributed by atoms with Crippen molar-refractivity contribution in [3.05, 3.63) is 99.2 Å². The first-order valence-electron chi connectivity index (χ1n) is 10.5. The van der Waals surface area contributed by atoms with E-state index in [2.05, 4.69) is 23.1 Å². The molecule has 1 saturated heterocycles. The van der Waals surface area contributed by atoms with Crippen LogP contribution >= 0.6 is 11.6 Å². The number of pyridine rings is 2. The van der Waals surface area contributed by atoms with Gasteiger partial charge in [0.05, 0.1) is 17.3 Å². The minimum Gasteiger partial charge on any atom is -0.619 e. The second-order valence-corrected chi connectivity index (χ2v) is 8.50. The Morgan fingerprint density at radius 2 is 1.77 bits per heavy atom. The Morgan fingerprint density at radius 3 is 2.55 bits per heavy atom. The molecule has 1 fully saturated rings. The van der Waals surface area contributed by atoms with Gasteiger partial charge in [-0.3, -0.25) is 14.7 Å². The molecule has 1 unspecified atom stereocenters. The maximum atomic E-state index is 12.9. The molecule has 0 radical (unpaired) electrons. The van der Waals surface area contributed by atoms with Gasteiger partial charge in [0.25, 0.3) is 5.91 Å². The molecule has 2 aromatic heterocycles. The number of carbonyl (C=O) groups excluding carboxylic acids is 1. The normalized spacial score (nSPS) is 18.7. The number of aryl methyl sites for hydroxylation is 2. The van der Waals surface area contributed by atoms with Crippen LogP contribution in [0, 0.1) is 5.21 Å². The summed E-state index contributed by atoms with van der Waals surface area (Å²) in [6, 6.07) is 13.5. The predicted octanol–water partition coefficient (Wildman–Crippen LogP) is 3.01. The molecule has 6 nitrogen and oxygen atoms in total. The predicted molar refractivity (Wildman–Crippen MR) is 118 cm³/mol. The number of fused-ring (bicyclic) bond motifs is 2. The van der Waals surface area contributed by atoms with Crippen LogP contribution < -0.4 is 4.73 Å². The van der Waals surface area contributed by atoms with E-state index < -0.39 is 0 Å². The van der Waals surface area contributed by atoms with Gasteiger partial charge in [-0.1, -0.05) is 23.7 Å². The summed E-state index contributed by atoms with van der Waals surface area (Å²) >= 11 is 6.30. The van der Waals surface area contributed by atoms with Crippen molar-refractivity contribution < 1.29 is 9.52 Å². The van der Waals surface area contributed by atoms with Crippen LogP contribution in [0.25, 0.3) is 0 Å². The Hall–Kier alpha value is -2.96. The molecule has 7 heteroatoms. The smallest absolute Gasteiger partial charge is 0.254 e. The molecular weight excluding hydrogens is 412 g/mol. The van der Waals surface area contributed by atoms with E-state index in [1.807, 2.05) is 23.2 Å². The van der Waals surface area contributed by atoms with E-state index in [-0.39, 0.29) is 11.9 Å². The SMILES string of the molecule is O=C(c1cc[n+]([O-])cc1)N1CCN(C2c3ccc(Cl)cc3CCc3cccnc32)CC1. The standard InChI is InChI=1S/C24H23ClN4O2/c25-20-5-6-21-19(16-20)4-3-17-2-1-9-26-22(17)23(21)27-12-14-28(15-13-27)24(30)18-7-10-29(31)11-8-18/h1-2,5-11,16,23H,3-4,12-15H2. The lowest BCUT2D eigenvalue weighted by Gasteiger charge is -2.39. The van der Waals surface area contributed by atoms with E-state index in [4.69, 9.17) is 16.6 Å². The maximum absolute atomic E-state index is 12.9. The van der Waals surface area contributed by atoms with E-state index in [0.717, 1.165) is 36.6 Å². The van der Waals surface area contributed by atoms with Gasteiger partial charge in [0, 0.05) is 49.5 Å². The first kappa shape index (κ1) is 20.0. The topological polar surface area (TPSA) is 63.4 Å². The van der Waals surface area contributed by atoms with Crippen molar-refractivity contribution in [1.29, 1.82) is 0 Å². The molecule has 5 rings (SSSR count). The molecule has 158 valence electrons. The van der Waals surface area contributed by atoms with Gasteiger partial charge in [0.2, 0.25) is 0 Å². The number of amides is 1. The summed E-state index contributed by atoms with van der Waals surface area (Å²) in [6.45, 7) is 2.77. The number of rotatable bonds is 2. The molecule has 0 spiro atoms. The van der Waals surface area contributed by atoms with Crippen molar-refractivity contribution in [3.8, 4) is 0 Å². The Morgan fingerprint density at radius 1 is 1.03 bits per heavy atom. The lowest BCUT2D eigenvalue weighted by Crippen LogP contribution is -2.50. The van der Waals surface area contributed by atoms with Crippen LogP contribution in [0.5, 0.6) is 0 Å². The van der Waals surface area contributed by atoms with Crippen molar-refractivity contribution in [3.63, 3.8) is 0 Å². The van der Waals surface area contributed by atoms with Gasteiger partial charge in [0.1, 0.15) is 0 Å². The largest absolute Gasteiger partial charge is 0.619 e. The number of halogens is 1. The zero-order chi connectivity index (χ0) is 21.4. The summed E-state index contributed by atoms with van der Waals surface area (Å²) in [6.07, 6.45) is 6.47. The average molecular weight is 435 g/mol. The highest BCUT2D eigenvalue weighted by atomic mass is 35.5. The fourth-order valence-electron chi connectivity index (χ4n) is 4.67. The zero-order valence-corrected chi connectivity index (χ0v) is 17.8. The monoisotopic (exact) mass is 434 g/mol. The third kappa shape index (κ3) is 3.89. The van der Waals surface area contributed by atoms with Gasteiger partial charge >= 0.3 is 0 Å². The molecule has 3 aromatic rings. The molecule has 1 aromatic carbocycles. The summed E-state index contributed by atoms with van der Waals surface area (Å²) in [5.74, 6) is -0.0353. The van der Waals surface area contributed by atoms with Crippen LogP contribution in [0.3, 0.4) is 0 Å². The minimum atomic E-state index is -0.0353. The van der Waals surface area contributed by atoms with Gasteiger partial charge in [-0.15, -0.1) is 0 Å². The fraction of sp³-hybridized carbons (Fsp3) is 0.292. The van der Waals surface area contributed by atoms with Gasteiger partial charge < -0.3 is 10.1 Å². The molecule has 1 aliphatic heterocycles. The van der Waals surface area contributed by atoms with Crippen molar-refractivity contribution in [1.82, 2.24) is 14.8 Å². The number of benzene rings is 1. The van der Waals surface area contributed by atoms with Crippen molar-refractivity contribution >= 4 is 17.5 Å². The van der Waals surface area contributed by atoms with Crippen LogP contribution in [0.2, 0.25) is 5.02 Å². The molecule has 0 N–H and O–H groups in total. The van der Waals surface area contributed by atoms with Crippen LogP contribution in [-0.2, 0) is 12.8 Å². The summed E-state index contributed by atoms with van der Waals surface area (Å²) in [7, 11) is 0. The van der Waals surface area contributed by atoms with E-state index in [1.54, 1.807) is 12.1 Å². The summed E-state index contributed by atoms with van der Waals surface area (Å²) in [5, 5.41) is 12.0. The minimum absolute atomic E-state index is 0.0353. The van der Waals surface area contributed by atoms with E-state index >= 15 is 0 Å². The summed E-state index contributed by atoms with van der Waals surface area (Å²) < 4.78 is 0.689. The number of aromatic nitrogens is 2. The second-order valence-electron chi connectivity index (χ2n) is 8.07. The van der Waals surface area contributed by atoms with E-state index in [1.165, 1.54) is 29.1 Å². The van der Waals surface area contributed by atoms with Gasteiger partial charge in [-0.2, -0.15) is 4.73 Å². The highest BCUT2D eigenvalue weighted by molar-refractivity contribution is 6.30. The van der Waals surface area contributed by atoms with Crippen LogP contribution in [0.1, 0.15) is 38.8 Å². The Kier molecular flexibility index (Phi) is 5.34. The average Bonchev–Trinajstić information content (AvgIpc) is 2.96. The van der Waals surface area contributed by atoms with E-state index in [9.17, 15) is 10.0 Å². The van der Waals surface area contributed by atoms with Crippen LogP contribution in [0.15, 0.2) is 61.1 Å². The van der Waals surface area contributed by atoms with E-state index in [0.29, 0.717) is 23.4 Å². The van der Waals surface area contributed by atoms with Crippen LogP contribution in [0.4, 0.5) is 0 Å².